The van der Waals surface area contributed by atoms with E-state index >= 15 is 0 Å². The first kappa shape index (κ1) is 16.4. The van der Waals surface area contributed by atoms with Crippen LogP contribution >= 0.6 is 0 Å². The number of pyridine rings is 2. The minimum Gasteiger partial charge on any atom is -0.378 e. The summed E-state index contributed by atoms with van der Waals surface area (Å²) < 4.78 is 5.29. The van der Waals surface area contributed by atoms with E-state index in [-0.39, 0.29) is 5.91 Å². The summed E-state index contributed by atoms with van der Waals surface area (Å²) in [5.41, 5.74) is 3.90. The molecule has 0 atom stereocenters. The molecule has 130 valence electrons. The Morgan fingerprint density at radius 3 is 2.88 bits per heavy atom. The number of amides is 1. The third-order valence-electron chi connectivity index (χ3n) is 4.50. The molecule has 5 nitrogen and oxygen atoms in total. The van der Waals surface area contributed by atoms with E-state index in [0.717, 1.165) is 27.6 Å². The fourth-order valence-electron chi connectivity index (χ4n) is 3.08. The highest BCUT2D eigenvalue weighted by molar-refractivity contribution is 5.93. The zero-order valence-corrected chi connectivity index (χ0v) is 14.3. The van der Waals surface area contributed by atoms with Crippen LogP contribution in [0.5, 0.6) is 0 Å². The summed E-state index contributed by atoms with van der Waals surface area (Å²) in [6.07, 6.45) is 8.84. The van der Waals surface area contributed by atoms with Crippen LogP contribution in [0.1, 0.15) is 5.56 Å². The third kappa shape index (κ3) is 3.48. The number of morpholine rings is 1. The molecule has 0 saturated carbocycles. The molecule has 3 heterocycles. The van der Waals surface area contributed by atoms with Gasteiger partial charge in [-0.3, -0.25) is 14.8 Å². The minimum absolute atomic E-state index is 0.0104. The molecule has 1 saturated heterocycles. The van der Waals surface area contributed by atoms with Gasteiger partial charge in [0.1, 0.15) is 0 Å². The number of hydrogen-bond acceptors (Lipinski definition) is 4. The Kier molecular flexibility index (Phi) is 4.71. The van der Waals surface area contributed by atoms with Gasteiger partial charge in [-0.05, 0) is 35.4 Å². The zero-order chi connectivity index (χ0) is 17.8. The van der Waals surface area contributed by atoms with Crippen molar-refractivity contribution in [2.45, 2.75) is 0 Å². The van der Waals surface area contributed by atoms with Gasteiger partial charge in [0.15, 0.2) is 0 Å². The highest BCUT2D eigenvalue weighted by atomic mass is 16.5. The maximum absolute atomic E-state index is 12.4. The van der Waals surface area contributed by atoms with Crippen LogP contribution in [0.4, 0.5) is 0 Å². The summed E-state index contributed by atoms with van der Waals surface area (Å²) in [6, 6.07) is 12.0. The summed E-state index contributed by atoms with van der Waals surface area (Å²) in [7, 11) is 0. The van der Waals surface area contributed by atoms with E-state index in [2.05, 4.69) is 22.1 Å². The number of rotatable bonds is 3. The lowest BCUT2D eigenvalue weighted by atomic mass is 10.0. The van der Waals surface area contributed by atoms with Crippen LogP contribution in [0, 0.1) is 0 Å². The molecule has 1 amide bonds. The molecular formula is C21H19N3O2. The molecule has 1 aliphatic heterocycles. The fraction of sp³-hybridized carbons (Fsp3) is 0.190. The van der Waals surface area contributed by atoms with Crippen LogP contribution in [0.3, 0.4) is 0 Å². The first-order chi connectivity index (χ1) is 12.8. The van der Waals surface area contributed by atoms with Crippen LogP contribution in [0.15, 0.2) is 61.1 Å². The Bertz CT molecular complexity index is 962. The smallest absolute Gasteiger partial charge is 0.246 e. The van der Waals surface area contributed by atoms with Crippen LogP contribution in [0.2, 0.25) is 0 Å². The molecule has 0 unspecified atom stereocenters. The van der Waals surface area contributed by atoms with Gasteiger partial charge in [0.2, 0.25) is 5.91 Å². The van der Waals surface area contributed by atoms with Crippen molar-refractivity contribution in [2.75, 3.05) is 26.3 Å². The average molecular weight is 345 g/mol. The Morgan fingerprint density at radius 1 is 1.12 bits per heavy atom. The number of carbonyl (C=O) groups excluding carboxylic acids is 1. The van der Waals surface area contributed by atoms with E-state index < -0.39 is 0 Å². The van der Waals surface area contributed by atoms with E-state index in [9.17, 15) is 4.79 Å². The van der Waals surface area contributed by atoms with Crippen molar-refractivity contribution >= 4 is 22.9 Å². The number of carbonyl (C=O) groups is 1. The molecule has 0 spiro atoms. The van der Waals surface area contributed by atoms with Crippen molar-refractivity contribution in [1.29, 1.82) is 0 Å². The molecule has 3 aromatic rings. The van der Waals surface area contributed by atoms with E-state index in [1.807, 2.05) is 36.5 Å². The van der Waals surface area contributed by atoms with Gasteiger partial charge in [0.25, 0.3) is 0 Å². The fourth-order valence-corrected chi connectivity index (χ4v) is 3.08. The lowest BCUT2D eigenvalue weighted by Gasteiger charge is -2.25. The van der Waals surface area contributed by atoms with Crippen molar-refractivity contribution in [2.24, 2.45) is 0 Å². The number of aromatic nitrogens is 2. The van der Waals surface area contributed by atoms with Crippen molar-refractivity contribution in [1.82, 2.24) is 14.9 Å². The monoisotopic (exact) mass is 345 g/mol. The number of fused-ring (bicyclic) bond motifs is 1. The number of benzene rings is 1. The molecule has 5 heteroatoms. The van der Waals surface area contributed by atoms with E-state index in [1.54, 1.807) is 23.4 Å². The standard InChI is InChI=1S/C21H19N3O2/c25-21(24-10-12-26-13-11-24)6-5-16-7-9-22-15-19(16)18-4-3-17-2-1-8-23-20(17)14-18/h1-9,14-15H,10-13H2/b6-5+. The Hall–Kier alpha value is -3.05. The maximum atomic E-state index is 12.4. The van der Waals surface area contributed by atoms with Gasteiger partial charge in [0, 0.05) is 48.7 Å². The highest BCUT2D eigenvalue weighted by Gasteiger charge is 2.14. The number of hydrogen-bond donors (Lipinski definition) is 0. The quantitative estimate of drug-likeness (QED) is 0.684. The Labute approximate surface area is 152 Å². The molecule has 1 fully saturated rings. The lowest BCUT2D eigenvalue weighted by Crippen LogP contribution is -2.39. The summed E-state index contributed by atoms with van der Waals surface area (Å²) >= 11 is 0. The SMILES string of the molecule is O=C(/C=C/c1ccncc1-c1ccc2cccnc2c1)N1CCOCC1. The van der Waals surface area contributed by atoms with E-state index in [0.29, 0.717) is 26.3 Å². The first-order valence-corrected chi connectivity index (χ1v) is 8.65. The zero-order valence-electron chi connectivity index (χ0n) is 14.3. The summed E-state index contributed by atoms with van der Waals surface area (Å²) in [6.45, 7) is 2.49. The molecule has 1 aromatic carbocycles. The molecule has 1 aliphatic rings. The highest BCUT2D eigenvalue weighted by Crippen LogP contribution is 2.26. The topological polar surface area (TPSA) is 55.3 Å². The number of nitrogens with zero attached hydrogens (tertiary/aromatic N) is 3. The lowest BCUT2D eigenvalue weighted by molar-refractivity contribution is -0.129. The van der Waals surface area contributed by atoms with Crippen LogP contribution in [-0.4, -0.2) is 47.1 Å². The van der Waals surface area contributed by atoms with Crippen LogP contribution < -0.4 is 0 Å². The van der Waals surface area contributed by atoms with Gasteiger partial charge in [0.05, 0.1) is 18.7 Å². The maximum Gasteiger partial charge on any atom is 0.246 e. The Morgan fingerprint density at radius 2 is 2.00 bits per heavy atom. The van der Waals surface area contributed by atoms with Crippen molar-refractivity contribution in [3.8, 4) is 11.1 Å². The van der Waals surface area contributed by atoms with Gasteiger partial charge in [-0.15, -0.1) is 0 Å². The summed E-state index contributed by atoms with van der Waals surface area (Å²) in [5.74, 6) is 0.0104. The second-order valence-corrected chi connectivity index (χ2v) is 6.14. The predicted octanol–water partition coefficient (Wildman–Crippen LogP) is 3.17. The average Bonchev–Trinajstić information content (AvgIpc) is 2.72. The predicted molar refractivity (Wildman–Crippen MR) is 101 cm³/mol. The second kappa shape index (κ2) is 7.45. The molecule has 2 aromatic heterocycles. The van der Waals surface area contributed by atoms with Crippen LogP contribution in [-0.2, 0) is 9.53 Å². The van der Waals surface area contributed by atoms with Crippen LogP contribution in [0.25, 0.3) is 28.1 Å². The second-order valence-electron chi connectivity index (χ2n) is 6.14. The van der Waals surface area contributed by atoms with E-state index in [4.69, 9.17) is 4.74 Å². The van der Waals surface area contributed by atoms with Crippen molar-refractivity contribution in [3.63, 3.8) is 0 Å². The van der Waals surface area contributed by atoms with Gasteiger partial charge < -0.3 is 9.64 Å². The van der Waals surface area contributed by atoms with Gasteiger partial charge in [-0.25, -0.2) is 0 Å². The van der Waals surface area contributed by atoms with Gasteiger partial charge >= 0.3 is 0 Å². The van der Waals surface area contributed by atoms with E-state index in [1.165, 1.54) is 0 Å². The molecular weight excluding hydrogens is 326 g/mol. The largest absolute Gasteiger partial charge is 0.378 e. The molecule has 26 heavy (non-hydrogen) atoms. The summed E-state index contributed by atoms with van der Waals surface area (Å²) in [5, 5.41) is 1.10. The Balaban J connectivity index is 1.63. The van der Waals surface area contributed by atoms with Gasteiger partial charge in [-0.1, -0.05) is 18.2 Å². The van der Waals surface area contributed by atoms with Crippen molar-refractivity contribution < 1.29 is 9.53 Å². The minimum atomic E-state index is 0.0104. The molecule has 0 radical (unpaired) electrons. The molecule has 4 rings (SSSR count). The summed E-state index contributed by atoms with van der Waals surface area (Å²) in [4.78, 5) is 22.8. The molecule has 0 aliphatic carbocycles. The van der Waals surface area contributed by atoms with Gasteiger partial charge in [-0.2, -0.15) is 0 Å². The number of ether oxygens (including phenoxy) is 1. The molecule has 0 N–H and O–H groups in total. The van der Waals surface area contributed by atoms with Crippen molar-refractivity contribution in [3.05, 3.63) is 66.6 Å². The first-order valence-electron chi connectivity index (χ1n) is 8.65. The normalized spacial score (nSPS) is 14.8. The molecule has 0 bridgehead atoms. The third-order valence-corrected chi connectivity index (χ3v) is 4.50.